The Hall–Kier alpha value is -1.99. The van der Waals surface area contributed by atoms with Crippen LogP contribution in [0, 0.1) is 0 Å². The SMILES string of the molecule is CC(C)(CO)NC(=O)c1cc(Cl)cc(NC(=O)COc2cc(Cl)cc(Cl)c2)c1. The van der Waals surface area contributed by atoms with E-state index in [0.717, 1.165) is 0 Å². The smallest absolute Gasteiger partial charge is 0.262 e. The largest absolute Gasteiger partial charge is 0.484 e. The Balaban J connectivity index is 2.04. The summed E-state index contributed by atoms with van der Waals surface area (Å²) in [5, 5.41) is 15.6. The maximum atomic E-state index is 12.3. The van der Waals surface area contributed by atoms with Gasteiger partial charge in [0, 0.05) is 26.3 Å². The minimum atomic E-state index is -0.797. The van der Waals surface area contributed by atoms with Gasteiger partial charge in [0.2, 0.25) is 0 Å². The fourth-order valence-electron chi connectivity index (χ4n) is 2.17. The van der Waals surface area contributed by atoms with Gasteiger partial charge in [-0.05, 0) is 50.2 Å². The van der Waals surface area contributed by atoms with Crippen LogP contribution in [-0.4, -0.2) is 35.7 Å². The highest BCUT2D eigenvalue weighted by Crippen LogP contribution is 2.24. The van der Waals surface area contributed by atoms with Crippen LogP contribution in [0.1, 0.15) is 24.2 Å². The van der Waals surface area contributed by atoms with Gasteiger partial charge in [-0.1, -0.05) is 34.8 Å². The molecule has 0 aliphatic carbocycles. The summed E-state index contributed by atoms with van der Waals surface area (Å²) in [5.41, 5.74) is -0.224. The number of halogens is 3. The van der Waals surface area contributed by atoms with Gasteiger partial charge in [0.25, 0.3) is 11.8 Å². The van der Waals surface area contributed by atoms with Crippen molar-refractivity contribution < 1.29 is 19.4 Å². The van der Waals surface area contributed by atoms with Gasteiger partial charge >= 0.3 is 0 Å². The number of hydrogen-bond acceptors (Lipinski definition) is 4. The molecule has 0 aliphatic rings. The zero-order valence-electron chi connectivity index (χ0n) is 15.2. The Labute approximate surface area is 177 Å². The van der Waals surface area contributed by atoms with Crippen molar-refractivity contribution in [1.29, 1.82) is 0 Å². The number of ether oxygens (including phenoxy) is 1. The van der Waals surface area contributed by atoms with Gasteiger partial charge in [-0.2, -0.15) is 0 Å². The molecule has 3 N–H and O–H groups in total. The van der Waals surface area contributed by atoms with E-state index < -0.39 is 17.4 Å². The van der Waals surface area contributed by atoms with E-state index >= 15 is 0 Å². The lowest BCUT2D eigenvalue weighted by Crippen LogP contribution is -2.46. The van der Waals surface area contributed by atoms with E-state index in [0.29, 0.717) is 21.5 Å². The molecule has 28 heavy (non-hydrogen) atoms. The summed E-state index contributed by atoms with van der Waals surface area (Å²) in [6.45, 7) is 2.84. The molecule has 2 amide bonds. The van der Waals surface area contributed by atoms with Crippen LogP contribution in [0.15, 0.2) is 36.4 Å². The Morgan fingerprint density at radius 1 is 1.00 bits per heavy atom. The van der Waals surface area contributed by atoms with Crippen molar-refractivity contribution in [3.05, 3.63) is 57.0 Å². The summed E-state index contributed by atoms with van der Waals surface area (Å²) >= 11 is 17.8. The number of amides is 2. The number of aliphatic hydroxyl groups is 1. The first-order chi connectivity index (χ1) is 13.1. The summed E-state index contributed by atoms with van der Waals surface area (Å²) in [4.78, 5) is 24.5. The van der Waals surface area contributed by atoms with Crippen molar-refractivity contribution in [2.24, 2.45) is 0 Å². The molecule has 0 radical (unpaired) electrons. The van der Waals surface area contributed by atoms with Crippen molar-refractivity contribution in [3.63, 3.8) is 0 Å². The van der Waals surface area contributed by atoms with Crippen LogP contribution in [-0.2, 0) is 4.79 Å². The minimum Gasteiger partial charge on any atom is -0.484 e. The first-order valence-electron chi connectivity index (χ1n) is 8.21. The van der Waals surface area contributed by atoms with Crippen LogP contribution >= 0.6 is 34.8 Å². The summed E-state index contributed by atoms with van der Waals surface area (Å²) in [6, 6.07) is 9.06. The fourth-order valence-corrected chi connectivity index (χ4v) is 2.91. The van der Waals surface area contributed by atoms with Crippen LogP contribution in [0.5, 0.6) is 5.75 Å². The predicted molar refractivity (Wildman–Crippen MR) is 111 cm³/mol. The van der Waals surface area contributed by atoms with Gasteiger partial charge in [-0.3, -0.25) is 9.59 Å². The van der Waals surface area contributed by atoms with E-state index in [4.69, 9.17) is 39.5 Å². The van der Waals surface area contributed by atoms with Gasteiger partial charge in [-0.25, -0.2) is 0 Å². The number of carbonyl (C=O) groups is 2. The van der Waals surface area contributed by atoms with Crippen LogP contribution in [0.3, 0.4) is 0 Å². The van der Waals surface area contributed by atoms with Gasteiger partial charge in [0.05, 0.1) is 12.1 Å². The van der Waals surface area contributed by atoms with Gasteiger partial charge in [0.1, 0.15) is 5.75 Å². The minimum absolute atomic E-state index is 0.228. The third-order valence-corrected chi connectivity index (χ3v) is 4.15. The third-order valence-electron chi connectivity index (χ3n) is 3.50. The van der Waals surface area contributed by atoms with Crippen molar-refractivity contribution in [3.8, 4) is 5.75 Å². The monoisotopic (exact) mass is 444 g/mol. The summed E-state index contributed by atoms with van der Waals surface area (Å²) < 4.78 is 5.37. The first-order valence-corrected chi connectivity index (χ1v) is 9.34. The zero-order valence-corrected chi connectivity index (χ0v) is 17.5. The molecular weight excluding hydrogens is 427 g/mol. The van der Waals surface area contributed by atoms with Gasteiger partial charge < -0.3 is 20.5 Å². The lowest BCUT2D eigenvalue weighted by Gasteiger charge is -2.23. The van der Waals surface area contributed by atoms with Crippen molar-refractivity contribution in [1.82, 2.24) is 5.32 Å². The Morgan fingerprint density at radius 3 is 2.21 bits per heavy atom. The molecule has 0 aromatic heterocycles. The van der Waals surface area contributed by atoms with Crippen molar-refractivity contribution in [2.45, 2.75) is 19.4 Å². The van der Waals surface area contributed by atoms with Gasteiger partial charge in [-0.15, -0.1) is 0 Å². The molecule has 0 fully saturated rings. The molecule has 150 valence electrons. The molecule has 2 aromatic carbocycles. The highest BCUT2D eigenvalue weighted by molar-refractivity contribution is 6.34. The van der Waals surface area contributed by atoms with Crippen LogP contribution in [0.25, 0.3) is 0 Å². The molecule has 2 rings (SSSR count). The summed E-state index contributed by atoms with van der Waals surface area (Å²) in [5.74, 6) is -0.535. The number of anilines is 1. The van der Waals surface area contributed by atoms with Crippen molar-refractivity contribution >= 4 is 52.3 Å². The predicted octanol–water partition coefficient (Wildman–Crippen LogP) is 4.17. The average molecular weight is 446 g/mol. The average Bonchev–Trinajstić information content (AvgIpc) is 2.58. The quantitative estimate of drug-likeness (QED) is 0.597. The van der Waals surface area contributed by atoms with E-state index in [-0.39, 0.29) is 23.8 Å². The second kappa shape index (κ2) is 9.47. The molecular formula is C19H19Cl3N2O4. The van der Waals surface area contributed by atoms with E-state index in [2.05, 4.69) is 10.6 Å². The fraction of sp³-hybridized carbons (Fsp3) is 0.263. The molecule has 0 heterocycles. The molecule has 2 aromatic rings. The number of aliphatic hydroxyl groups excluding tert-OH is 1. The van der Waals surface area contributed by atoms with E-state index in [1.54, 1.807) is 19.9 Å². The second-order valence-corrected chi connectivity index (χ2v) is 7.98. The van der Waals surface area contributed by atoms with Gasteiger partial charge in [0.15, 0.2) is 6.61 Å². The molecule has 0 saturated heterocycles. The maximum absolute atomic E-state index is 12.3. The second-order valence-electron chi connectivity index (χ2n) is 6.67. The first kappa shape index (κ1) is 22.3. The van der Waals surface area contributed by atoms with Crippen LogP contribution < -0.4 is 15.4 Å². The molecule has 9 heteroatoms. The van der Waals surface area contributed by atoms with Crippen LogP contribution in [0.2, 0.25) is 15.1 Å². The number of nitrogens with one attached hydrogen (secondary N) is 2. The highest BCUT2D eigenvalue weighted by Gasteiger charge is 2.20. The third kappa shape index (κ3) is 6.87. The number of hydrogen-bond donors (Lipinski definition) is 3. The standard InChI is InChI=1S/C19H19Cl3N2O4/c1-19(2,10-25)24-18(27)11-3-12(20)6-15(4-11)23-17(26)9-28-16-7-13(21)5-14(22)8-16/h3-8,25H,9-10H2,1-2H3,(H,23,26)(H,24,27). The molecule has 0 bridgehead atoms. The molecule has 0 aliphatic heterocycles. The van der Waals surface area contributed by atoms with Crippen LogP contribution in [0.4, 0.5) is 5.69 Å². The van der Waals surface area contributed by atoms with E-state index in [9.17, 15) is 14.7 Å². The summed E-state index contributed by atoms with van der Waals surface area (Å²) in [6.07, 6.45) is 0. The van der Waals surface area contributed by atoms with E-state index in [1.165, 1.54) is 30.3 Å². The number of carbonyl (C=O) groups excluding carboxylic acids is 2. The molecule has 0 spiro atoms. The Bertz CT molecular complexity index is 867. The van der Waals surface area contributed by atoms with E-state index in [1.807, 2.05) is 0 Å². The highest BCUT2D eigenvalue weighted by atomic mass is 35.5. The molecule has 0 saturated carbocycles. The summed E-state index contributed by atoms with van der Waals surface area (Å²) in [7, 11) is 0. The Kier molecular flexibility index (Phi) is 7.55. The lowest BCUT2D eigenvalue weighted by atomic mass is 10.1. The number of benzene rings is 2. The normalized spacial score (nSPS) is 11.1. The molecule has 0 atom stereocenters. The topological polar surface area (TPSA) is 87.7 Å². The van der Waals surface area contributed by atoms with Crippen molar-refractivity contribution in [2.75, 3.05) is 18.5 Å². The zero-order chi connectivity index (χ0) is 20.9. The maximum Gasteiger partial charge on any atom is 0.262 e. The molecule has 6 nitrogen and oxygen atoms in total. The lowest BCUT2D eigenvalue weighted by molar-refractivity contribution is -0.118. The number of rotatable bonds is 7. The Morgan fingerprint density at radius 2 is 1.61 bits per heavy atom. The molecule has 0 unspecified atom stereocenters.